The molecule has 1 aliphatic heterocycles. The first kappa shape index (κ1) is 3.53. The van der Waals surface area contributed by atoms with Crippen molar-refractivity contribution in [3.63, 3.8) is 0 Å². The van der Waals surface area contributed by atoms with E-state index in [-0.39, 0.29) is 0 Å². The topological polar surface area (TPSA) is 3.01 Å². The van der Waals surface area contributed by atoms with E-state index in [2.05, 4.69) is 11.1 Å². The van der Waals surface area contributed by atoms with Crippen molar-refractivity contribution in [1.29, 1.82) is 0 Å². The highest BCUT2D eigenvalue weighted by atomic mass is 15.2. The van der Waals surface area contributed by atoms with Crippen LogP contribution in [0.5, 0.6) is 0 Å². The Bertz CT molecular complexity index is 105. The van der Waals surface area contributed by atoms with Crippen LogP contribution in [0.25, 0.3) is 0 Å². The van der Waals surface area contributed by atoms with Gasteiger partial charge in [-0.15, -0.1) is 0 Å². The molecule has 1 saturated heterocycles. The van der Waals surface area contributed by atoms with Crippen molar-refractivity contribution < 1.29 is 0 Å². The highest BCUT2D eigenvalue weighted by molar-refractivity contribution is 5.17. The van der Waals surface area contributed by atoms with Crippen LogP contribution in [-0.2, 0) is 0 Å². The molecule has 38 valence electrons. The first-order valence-electron chi connectivity index (χ1n) is 2.89. The Morgan fingerprint density at radius 3 is 2.43 bits per heavy atom. The van der Waals surface area contributed by atoms with Gasteiger partial charge < -0.3 is 4.90 Å². The van der Waals surface area contributed by atoms with Gasteiger partial charge in [-0.3, -0.25) is 0 Å². The lowest BCUT2D eigenvalue weighted by atomic mass is 10.6. The minimum Gasteiger partial charge on any atom is -0.374 e. The van der Waals surface area contributed by atoms with Gasteiger partial charge in [0.05, 0.1) is 0 Å². The number of rotatable bonds is 1. The minimum absolute atomic E-state index is 1.31. The SMILES string of the molecule is C(=C1CC1)N1CC1. The van der Waals surface area contributed by atoms with Crippen LogP contribution >= 0.6 is 0 Å². The molecule has 0 aromatic carbocycles. The molecule has 0 aromatic heterocycles. The number of hydrogen-bond donors (Lipinski definition) is 0. The van der Waals surface area contributed by atoms with Gasteiger partial charge in [0.2, 0.25) is 0 Å². The molecule has 0 radical (unpaired) electrons. The summed E-state index contributed by atoms with van der Waals surface area (Å²) in [5.74, 6) is 0. The molecule has 2 aliphatic rings. The Morgan fingerprint density at radius 1 is 1.29 bits per heavy atom. The van der Waals surface area contributed by atoms with Crippen LogP contribution in [0.15, 0.2) is 11.8 Å². The van der Waals surface area contributed by atoms with Gasteiger partial charge in [0.1, 0.15) is 0 Å². The zero-order valence-corrected chi connectivity index (χ0v) is 4.35. The standard InChI is InChI=1S/C6H9N/c1-2-6(1)5-7-3-4-7/h5H,1-4H2. The Kier molecular flexibility index (Phi) is 0.518. The summed E-state index contributed by atoms with van der Waals surface area (Å²) in [4.78, 5) is 2.35. The maximum absolute atomic E-state index is 2.35. The predicted molar refractivity (Wildman–Crippen MR) is 28.9 cm³/mol. The molecule has 0 bridgehead atoms. The van der Waals surface area contributed by atoms with Gasteiger partial charge in [-0.05, 0) is 19.0 Å². The fourth-order valence-corrected chi connectivity index (χ4v) is 0.646. The normalized spacial score (nSPS) is 25.1. The second-order valence-corrected chi connectivity index (χ2v) is 2.32. The largest absolute Gasteiger partial charge is 0.374 e. The van der Waals surface area contributed by atoms with Crippen molar-refractivity contribution in [1.82, 2.24) is 4.90 Å². The zero-order chi connectivity index (χ0) is 4.69. The molecule has 0 unspecified atom stereocenters. The highest BCUT2D eigenvalue weighted by Gasteiger charge is 2.18. The molecule has 0 amide bonds. The fraction of sp³-hybridized carbons (Fsp3) is 0.667. The van der Waals surface area contributed by atoms with Gasteiger partial charge in [-0.25, -0.2) is 0 Å². The van der Waals surface area contributed by atoms with Gasteiger partial charge in [-0.2, -0.15) is 0 Å². The monoisotopic (exact) mass is 95.1 g/mol. The quantitative estimate of drug-likeness (QED) is 0.439. The Morgan fingerprint density at radius 2 is 2.00 bits per heavy atom. The van der Waals surface area contributed by atoms with Crippen molar-refractivity contribution >= 4 is 0 Å². The number of allylic oxidation sites excluding steroid dienone is 1. The molecule has 1 heteroatoms. The summed E-state index contributed by atoms with van der Waals surface area (Å²) in [7, 11) is 0. The van der Waals surface area contributed by atoms with Crippen molar-refractivity contribution in [3.05, 3.63) is 11.8 Å². The molecule has 1 heterocycles. The maximum Gasteiger partial charge on any atom is 0.0349 e. The number of nitrogens with zero attached hydrogens (tertiary/aromatic N) is 1. The lowest BCUT2D eigenvalue weighted by molar-refractivity contribution is 0.769. The van der Waals surface area contributed by atoms with E-state index in [1.54, 1.807) is 5.57 Å². The molecule has 0 aromatic rings. The minimum atomic E-state index is 1.31. The van der Waals surface area contributed by atoms with E-state index in [1.807, 2.05) is 0 Å². The second kappa shape index (κ2) is 1.03. The first-order chi connectivity index (χ1) is 3.45. The summed E-state index contributed by atoms with van der Waals surface area (Å²) in [5, 5.41) is 0. The Balaban J connectivity index is 1.97. The molecule has 0 atom stereocenters. The summed E-state index contributed by atoms with van der Waals surface area (Å²) >= 11 is 0. The molecule has 1 aliphatic carbocycles. The summed E-state index contributed by atoms with van der Waals surface area (Å²) < 4.78 is 0. The van der Waals surface area contributed by atoms with Gasteiger partial charge in [-0.1, -0.05) is 5.57 Å². The van der Waals surface area contributed by atoms with Gasteiger partial charge >= 0.3 is 0 Å². The second-order valence-electron chi connectivity index (χ2n) is 2.32. The van der Waals surface area contributed by atoms with E-state index >= 15 is 0 Å². The van der Waals surface area contributed by atoms with Crippen LogP contribution in [0.1, 0.15) is 12.8 Å². The van der Waals surface area contributed by atoms with E-state index in [0.29, 0.717) is 0 Å². The van der Waals surface area contributed by atoms with Crippen molar-refractivity contribution in [2.45, 2.75) is 12.8 Å². The van der Waals surface area contributed by atoms with Gasteiger partial charge in [0, 0.05) is 13.1 Å². The number of hydrogen-bond acceptors (Lipinski definition) is 1. The van der Waals surface area contributed by atoms with Crippen LogP contribution in [0.3, 0.4) is 0 Å². The lowest BCUT2D eigenvalue weighted by Gasteiger charge is -1.82. The van der Waals surface area contributed by atoms with Crippen LogP contribution in [-0.4, -0.2) is 18.0 Å². The molecule has 1 nitrogen and oxygen atoms in total. The third kappa shape index (κ3) is 0.763. The molecule has 1 saturated carbocycles. The fourth-order valence-electron chi connectivity index (χ4n) is 0.646. The molecular weight excluding hydrogens is 86.1 g/mol. The predicted octanol–water partition coefficient (Wildman–Crippen LogP) is 0.980. The summed E-state index contributed by atoms with van der Waals surface area (Å²) in [6.45, 7) is 2.62. The van der Waals surface area contributed by atoms with Crippen LogP contribution in [0, 0.1) is 0 Å². The van der Waals surface area contributed by atoms with Crippen LogP contribution in [0.2, 0.25) is 0 Å². The van der Waals surface area contributed by atoms with E-state index in [4.69, 9.17) is 0 Å². The van der Waals surface area contributed by atoms with E-state index in [9.17, 15) is 0 Å². The zero-order valence-electron chi connectivity index (χ0n) is 4.35. The van der Waals surface area contributed by atoms with Crippen molar-refractivity contribution in [3.8, 4) is 0 Å². The summed E-state index contributed by atoms with van der Waals surface area (Å²) in [6.07, 6.45) is 5.05. The lowest BCUT2D eigenvalue weighted by Crippen LogP contribution is -1.76. The smallest absolute Gasteiger partial charge is 0.0349 e. The third-order valence-electron chi connectivity index (χ3n) is 1.39. The Hall–Kier alpha value is -0.460. The molecule has 0 N–H and O–H groups in total. The molecule has 7 heavy (non-hydrogen) atoms. The Labute approximate surface area is 43.6 Å². The van der Waals surface area contributed by atoms with Crippen LogP contribution in [0.4, 0.5) is 0 Å². The van der Waals surface area contributed by atoms with Gasteiger partial charge in [0.15, 0.2) is 0 Å². The van der Waals surface area contributed by atoms with E-state index in [1.165, 1.54) is 25.9 Å². The van der Waals surface area contributed by atoms with Crippen LogP contribution < -0.4 is 0 Å². The molecular formula is C6H9N. The molecule has 2 fully saturated rings. The summed E-state index contributed by atoms with van der Waals surface area (Å²) in [6, 6.07) is 0. The average Bonchev–Trinajstić information content (AvgIpc) is 2.33. The highest BCUT2D eigenvalue weighted by Crippen LogP contribution is 2.29. The average molecular weight is 95.1 g/mol. The third-order valence-corrected chi connectivity index (χ3v) is 1.39. The maximum atomic E-state index is 2.35. The van der Waals surface area contributed by atoms with Crippen molar-refractivity contribution in [2.24, 2.45) is 0 Å². The van der Waals surface area contributed by atoms with Gasteiger partial charge in [0.25, 0.3) is 0 Å². The van der Waals surface area contributed by atoms with E-state index < -0.39 is 0 Å². The van der Waals surface area contributed by atoms with E-state index in [0.717, 1.165) is 0 Å². The van der Waals surface area contributed by atoms with Crippen molar-refractivity contribution in [2.75, 3.05) is 13.1 Å². The molecule has 0 spiro atoms. The molecule has 2 rings (SSSR count). The summed E-state index contributed by atoms with van der Waals surface area (Å²) in [5.41, 5.74) is 1.65. The first-order valence-corrected chi connectivity index (χ1v) is 2.89.